The molecule has 1 saturated heterocycles. The Labute approximate surface area is 162 Å². The first kappa shape index (κ1) is 17.0. The molecule has 2 fully saturated rings. The largest absolute Gasteiger partial charge is 0.342 e. The molecule has 0 spiro atoms. The minimum absolute atomic E-state index is 0.290. The Morgan fingerprint density at radius 2 is 2.04 bits per heavy atom. The molecule has 5 rings (SSSR count). The van der Waals surface area contributed by atoms with Gasteiger partial charge >= 0.3 is 0 Å². The second-order valence-electron chi connectivity index (χ2n) is 7.94. The molecule has 0 bridgehead atoms. The number of hydrogen-bond donors (Lipinski definition) is 0. The standard InChI is InChI=1S/C20H25N3OS2/c24-17(23-9-8-13-4-1-2-5-14(13)10-23)11-25-19-18-15-6-3-7-16(15)26-20(18)22-12-21-19/h12-14H,1-11H2/t13-,14-/m0/s1. The molecule has 2 atom stereocenters. The van der Waals surface area contributed by atoms with E-state index >= 15 is 0 Å². The lowest BCUT2D eigenvalue weighted by molar-refractivity contribution is -0.131. The first-order valence-corrected chi connectivity index (χ1v) is 11.8. The van der Waals surface area contributed by atoms with Gasteiger partial charge in [-0.15, -0.1) is 11.3 Å². The van der Waals surface area contributed by atoms with Crippen molar-refractivity contribution in [2.45, 2.75) is 56.4 Å². The lowest BCUT2D eigenvalue weighted by atomic mass is 9.75. The summed E-state index contributed by atoms with van der Waals surface area (Å²) in [5.41, 5.74) is 1.45. The predicted molar refractivity (Wildman–Crippen MR) is 107 cm³/mol. The average Bonchev–Trinajstić information content (AvgIpc) is 3.26. The van der Waals surface area contributed by atoms with Crippen molar-refractivity contribution < 1.29 is 4.79 Å². The van der Waals surface area contributed by atoms with Crippen molar-refractivity contribution >= 4 is 39.2 Å². The van der Waals surface area contributed by atoms with E-state index in [2.05, 4.69) is 14.9 Å². The number of likely N-dealkylation sites (tertiary alicyclic amines) is 1. The fourth-order valence-corrected chi connectivity index (χ4v) is 7.28. The van der Waals surface area contributed by atoms with E-state index < -0.39 is 0 Å². The fraction of sp³-hybridized carbons (Fsp3) is 0.650. The van der Waals surface area contributed by atoms with Gasteiger partial charge in [-0.1, -0.05) is 31.0 Å². The summed E-state index contributed by atoms with van der Waals surface area (Å²) in [4.78, 5) is 26.5. The Bertz CT molecular complexity index is 834. The van der Waals surface area contributed by atoms with E-state index in [4.69, 9.17) is 0 Å². The highest BCUT2D eigenvalue weighted by Gasteiger charge is 2.33. The van der Waals surface area contributed by atoms with Crippen LogP contribution in [0.3, 0.4) is 0 Å². The highest BCUT2D eigenvalue weighted by atomic mass is 32.2. The van der Waals surface area contributed by atoms with E-state index in [9.17, 15) is 4.79 Å². The molecule has 2 aromatic rings. The van der Waals surface area contributed by atoms with Crippen LogP contribution >= 0.6 is 23.1 Å². The number of fused-ring (bicyclic) bond motifs is 4. The molecule has 0 radical (unpaired) electrons. The topological polar surface area (TPSA) is 46.1 Å². The molecule has 1 saturated carbocycles. The van der Waals surface area contributed by atoms with Gasteiger partial charge in [-0.3, -0.25) is 4.79 Å². The van der Waals surface area contributed by atoms with Crippen LogP contribution in [0.25, 0.3) is 10.2 Å². The second kappa shape index (κ2) is 7.12. The number of aromatic nitrogens is 2. The summed E-state index contributed by atoms with van der Waals surface area (Å²) in [6.07, 6.45) is 11.9. The van der Waals surface area contributed by atoms with Crippen LogP contribution in [0.2, 0.25) is 0 Å². The van der Waals surface area contributed by atoms with Crippen molar-refractivity contribution in [1.82, 2.24) is 14.9 Å². The molecule has 3 heterocycles. The van der Waals surface area contributed by atoms with Crippen LogP contribution in [0.15, 0.2) is 11.4 Å². The number of aryl methyl sites for hydroxylation is 2. The van der Waals surface area contributed by atoms with Crippen LogP contribution in [0.1, 0.15) is 49.0 Å². The summed E-state index contributed by atoms with van der Waals surface area (Å²) in [6, 6.07) is 0. The van der Waals surface area contributed by atoms with Gasteiger partial charge in [0.25, 0.3) is 0 Å². The molecular weight excluding hydrogens is 362 g/mol. The van der Waals surface area contributed by atoms with Gasteiger partial charge < -0.3 is 4.90 Å². The smallest absolute Gasteiger partial charge is 0.232 e. The molecule has 0 unspecified atom stereocenters. The molecule has 26 heavy (non-hydrogen) atoms. The van der Waals surface area contributed by atoms with Gasteiger partial charge in [0.2, 0.25) is 5.91 Å². The zero-order valence-corrected chi connectivity index (χ0v) is 16.7. The molecule has 0 aromatic carbocycles. The number of rotatable bonds is 3. The molecular formula is C20H25N3OS2. The summed E-state index contributed by atoms with van der Waals surface area (Å²) in [6.45, 7) is 1.94. The monoisotopic (exact) mass is 387 g/mol. The van der Waals surface area contributed by atoms with E-state index in [-0.39, 0.29) is 5.91 Å². The minimum Gasteiger partial charge on any atom is -0.342 e. The molecule has 0 N–H and O–H groups in total. The van der Waals surface area contributed by atoms with Crippen molar-refractivity contribution in [1.29, 1.82) is 0 Å². The van der Waals surface area contributed by atoms with Crippen molar-refractivity contribution in [2.75, 3.05) is 18.8 Å². The predicted octanol–water partition coefficient (Wildman–Crippen LogP) is 4.31. The van der Waals surface area contributed by atoms with Crippen LogP contribution in [-0.4, -0.2) is 39.6 Å². The zero-order valence-electron chi connectivity index (χ0n) is 15.1. The first-order valence-electron chi connectivity index (χ1n) is 9.95. The summed E-state index contributed by atoms with van der Waals surface area (Å²) >= 11 is 3.43. The number of carbonyl (C=O) groups is 1. The van der Waals surface area contributed by atoms with Gasteiger partial charge in [-0.2, -0.15) is 0 Å². The molecule has 3 aliphatic rings. The first-order chi connectivity index (χ1) is 12.8. The Morgan fingerprint density at radius 1 is 1.15 bits per heavy atom. The lowest BCUT2D eigenvalue weighted by Crippen LogP contribution is -2.45. The highest BCUT2D eigenvalue weighted by molar-refractivity contribution is 8.00. The molecule has 2 aliphatic carbocycles. The Kier molecular flexibility index (Phi) is 4.65. The van der Waals surface area contributed by atoms with Crippen molar-refractivity contribution in [3.8, 4) is 0 Å². The van der Waals surface area contributed by atoms with Crippen molar-refractivity contribution in [3.05, 3.63) is 16.8 Å². The summed E-state index contributed by atoms with van der Waals surface area (Å²) in [5.74, 6) is 2.42. The van der Waals surface area contributed by atoms with E-state index in [0.29, 0.717) is 5.75 Å². The number of amides is 1. The van der Waals surface area contributed by atoms with Crippen LogP contribution < -0.4 is 0 Å². The molecule has 1 amide bonds. The normalized spacial score (nSPS) is 25.3. The maximum Gasteiger partial charge on any atom is 0.232 e. The number of thioether (sulfide) groups is 1. The number of nitrogens with zero attached hydrogens (tertiary/aromatic N) is 3. The third-order valence-corrected chi connectivity index (χ3v) is 8.62. The van der Waals surface area contributed by atoms with E-state index in [1.807, 2.05) is 11.3 Å². The van der Waals surface area contributed by atoms with Crippen LogP contribution in [0.4, 0.5) is 0 Å². The van der Waals surface area contributed by atoms with Crippen molar-refractivity contribution in [2.24, 2.45) is 11.8 Å². The summed E-state index contributed by atoms with van der Waals surface area (Å²) < 4.78 is 0. The third-order valence-electron chi connectivity index (χ3n) is 6.44. The van der Waals surface area contributed by atoms with E-state index in [1.54, 1.807) is 18.1 Å². The highest BCUT2D eigenvalue weighted by Crippen LogP contribution is 2.40. The van der Waals surface area contributed by atoms with Crippen LogP contribution in [-0.2, 0) is 17.6 Å². The SMILES string of the molecule is O=C(CSc1ncnc2sc3c(c12)CCC3)N1CC[C@@H]2CCCC[C@H]2C1. The van der Waals surface area contributed by atoms with E-state index in [0.717, 1.165) is 41.2 Å². The molecule has 6 heteroatoms. The van der Waals surface area contributed by atoms with Crippen molar-refractivity contribution in [3.63, 3.8) is 0 Å². The van der Waals surface area contributed by atoms with Gasteiger partial charge in [0, 0.05) is 23.4 Å². The second-order valence-corrected chi connectivity index (χ2v) is 9.99. The Hall–Kier alpha value is -1.14. The van der Waals surface area contributed by atoms with Gasteiger partial charge in [-0.05, 0) is 49.5 Å². The lowest BCUT2D eigenvalue weighted by Gasteiger charge is -2.41. The van der Waals surface area contributed by atoms with Gasteiger partial charge in [0.1, 0.15) is 16.2 Å². The summed E-state index contributed by atoms with van der Waals surface area (Å²) in [5, 5.41) is 2.24. The number of hydrogen-bond acceptors (Lipinski definition) is 5. The fourth-order valence-electron chi connectivity index (χ4n) is 5.06. The third kappa shape index (κ3) is 3.05. The maximum absolute atomic E-state index is 12.8. The van der Waals surface area contributed by atoms with Crippen LogP contribution in [0.5, 0.6) is 0 Å². The number of piperidine rings is 1. The molecule has 2 aromatic heterocycles. The van der Waals surface area contributed by atoms with Gasteiger partial charge in [-0.25, -0.2) is 9.97 Å². The zero-order chi connectivity index (χ0) is 17.5. The minimum atomic E-state index is 0.290. The molecule has 4 nitrogen and oxygen atoms in total. The number of carbonyl (C=O) groups excluding carboxylic acids is 1. The van der Waals surface area contributed by atoms with E-state index in [1.165, 1.54) is 60.8 Å². The van der Waals surface area contributed by atoms with Gasteiger partial charge in [0.15, 0.2) is 0 Å². The van der Waals surface area contributed by atoms with Gasteiger partial charge in [0.05, 0.1) is 5.75 Å². The maximum atomic E-state index is 12.8. The summed E-state index contributed by atoms with van der Waals surface area (Å²) in [7, 11) is 0. The average molecular weight is 388 g/mol. The molecule has 138 valence electrons. The quantitative estimate of drug-likeness (QED) is 0.581. The number of thiophene rings is 1. The Morgan fingerprint density at radius 3 is 2.96 bits per heavy atom. The van der Waals surface area contributed by atoms with Crippen LogP contribution in [0, 0.1) is 11.8 Å². The molecule has 1 aliphatic heterocycles. The Balaban J connectivity index is 1.28.